The molecule has 0 saturated heterocycles. The smallest absolute Gasteiger partial charge is 0.0902 e. The van der Waals surface area contributed by atoms with Crippen molar-refractivity contribution in [2.75, 3.05) is 0 Å². The molecule has 0 aromatic heterocycles. The maximum Gasteiger partial charge on any atom is 0.146 e. The highest BCUT2D eigenvalue weighted by Gasteiger charge is 2.35. The van der Waals surface area contributed by atoms with Crippen molar-refractivity contribution in [3.63, 3.8) is 0 Å². The molecular formula is C25H22SSi. The van der Waals surface area contributed by atoms with Crippen LogP contribution in [-0.2, 0) is 0 Å². The molecule has 0 heterocycles. The van der Waals surface area contributed by atoms with Crippen molar-refractivity contribution in [2.45, 2.75) is 16.3 Å². The van der Waals surface area contributed by atoms with E-state index in [1.807, 2.05) is 11.8 Å². The molecule has 27 heavy (non-hydrogen) atoms. The summed E-state index contributed by atoms with van der Waals surface area (Å²) in [5.74, 6) is 0. The molecule has 0 aliphatic carbocycles. The fourth-order valence-electron chi connectivity index (χ4n) is 3.60. The number of hydrogen-bond donors (Lipinski definition) is 0. The van der Waals surface area contributed by atoms with Crippen molar-refractivity contribution >= 4 is 35.4 Å². The molecule has 4 rings (SSSR count). The molecule has 0 aliphatic heterocycles. The summed E-state index contributed by atoms with van der Waals surface area (Å²) in [4.78, 5) is 2.63. The lowest BCUT2D eigenvalue weighted by Crippen LogP contribution is -2.65. The Hall–Kier alpha value is -2.55. The first-order valence-corrected chi connectivity index (χ1v) is 12.5. The first-order valence-electron chi connectivity index (χ1n) is 9.22. The van der Waals surface area contributed by atoms with E-state index in [1.165, 1.54) is 25.4 Å². The van der Waals surface area contributed by atoms with Crippen LogP contribution in [0.2, 0.25) is 6.55 Å². The molecule has 0 N–H and O–H groups in total. The van der Waals surface area contributed by atoms with Crippen LogP contribution in [0.4, 0.5) is 0 Å². The summed E-state index contributed by atoms with van der Waals surface area (Å²) in [6.07, 6.45) is 0. The molecule has 0 fully saturated rings. The van der Waals surface area contributed by atoms with Gasteiger partial charge in [0.2, 0.25) is 0 Å². The van der Waals surface area contributed by atoms with E-state index in [1.54, 1.807) is 0 Å². The number of hydrogen-bond acceptors (Lipinski definition) is 1. The summed E-state index contributed by atoms with van der Waals surface area (Å²) in [7, 11) is -2.10. The maximum atomic E-state index is 2.47. The molecule has 0 aliphatic rings. The minimum absolute atomic E-state index is 1.28. The highest BCUT2D eigenvalue weighted by Crippen LogP contribution is 2.27. The molecule has 0 unspecified atom stereocenters. The van der Waals surface area contributed by atoms with E-state index in [-0.39, 0.29) is 0 Å². The van der Waals surface area contributed by atoms with Gasteiger partial charge in [0.25, 0.3) is 0 Å². The first kappa shape index (κ1) is 17.8. The minimum atomic E-state index is -2.10. The van der Waals surface area contributed by atoms with Crippen LogP contribution in [0, 0.1) is 0 Å². The molecule has 0 saturated carbocycles. The van der Waals surface area contributed by atoms with Crippen LogP contribution in [0.1, 0.15) is 0 Å². The van der Waals surface area contributed by atoms with E-state index < -0.39 is 8.07 Å². The van der Waals surface area contributed by atoms with Gasteiger partial charge < -0.3 is 0 Å². The highest BCUT2D eigenvalue weighted by atomic mass is 32.2. The minimum Gasteiger partial charge on any atom is -0.0902 e. The Bertz CT molecular complexity index is 958. The molecule has 0 bridgehead atoms. The van der Waals surface area contributed by atoms with E-state index in [4.69, 9.17) is 0 Å². The van der Waals surface area contributed by atoms with Crippen LogP contribution >= 0.6 is 11.8 Å². The highest BCUT2D eigenvalue weighted by molar-refractivity contribution is 7.99. The van der Waals surface area contributed by atoms with Crippen LogP contribution in [0.25, 0.3) is 0 Å². The molecule has 2 heteroatoms. The Morgan fingerprint density at radius 1 is 0.519 bits per heavy atom. The van der Waals surface area contributed by atoms with E-state index in [0.717, 1.165) is 0 Å². The topological polar surface area (TPSA) is 0 Å². The second-order valence-electron chi connectivity index (χ2n) is 6.77. The van der Waals surface area contributed by atoms with Crippen LogP contribution in [0.15, 0.2) is 125 Å². The zero-order chi connectivity index (χ0) is 18.5. The van der Waals surface area contributed by atoms with E-state index >= 15 is 0 Å². The van der Waals surface area contributed by atoms with Gasteiger partial charge >= 0.3 is 0 Å². The molecule has 0 amide bonds. The third-order valence-corrected chi connectivity index (χ3v) is 10.9. The summed E-state index contributed by atoms with van der Waals surface area (Å²) < 4.78 is 0. The molecule has 0 spiro atoms. The van der Waals surface area contributed by atoms with Crippen molar-refractivity contribution < 1.29 is 0 Å². The van der Waals surface area contributed by atoms with E-state index in [2.05, 4.69) is 122 Å². The molecule has 4 aromatic rings. The van der Waals surface area contributed by atoms with Crippen molar-refractivity contribution in [3.8, 4) is 0 Å². The zero-order valence-corrected chi connectivity index (χ0v) is 17.2. The average Bonchev–Trinajstić information content (AvgIpc) is 2.75. The maximum absolute atomic E-state index is 2.47. The monoisotopic (exact) mass is 382 g/mol. The van der Waals surface area contributed by atoms with E-state index in [9.17, 15) is 0 Å². The van der Waals surface area contributed by atoms with Crippen molar-refractivity contribution in [1.82, 2.24) is 0 Å². The predicted molar refractivity (Wildman–Crippen MR) is 120 cm³/mol. The second kappa shape index (κ2) is 7.99. The quantitative estimate of drug-likeness (QED) is 0.348. The van der Waals surface area contributed by atoms with Crippen LogP contribution in [0.5, 0.6) is 0 Å². The summed E-state index contributed by atoms with van der Waals surface area (Å²) in [6.45, 7) is 2.47. The van der Waals surface area contributed by atoms with Gasteiger partial charge in [-0.25, -0.2) is 0 Å². The summed E-state index contributed by atoms with van der Waals surface area (Å²) in [5.41, 5.74) is 0. The SMILES string of the molecule is C[Si](c1ccccc1)(c1ccccc1)c1ccccc1Sc1ccccc1. The Morgan fingerprint density at radius 3 is 1.52 bits per heavy atom. The van der Waals surface area contributed by atoms with Crippen LogP contribution < -0.4 is 15.6 Å². The lowest BCUT2D eigenvalue weighted by atomic mass is 10.3. The largest absolute Gasteiger partial charge is 0.146 e. The number of benzene rings is 4. The lowest BCUT2D eigenvalue weighted by molar-refractivity contribution is 1.42. The molecule has 0 radical (unpaired) electrons. The van der Waals surface area contributed by atoms with Gasteiger partial charge in [-0.2, -0.15) is 0 Å². The van der Waals surface area contributed by atoms with Crippen molar-refractivity contribution in [2.24, 2.45) is 0 Å². The van der Waals surface area contributed by atoms with Gasteiger partial charge in [0.1, 0.15) is 8.07 Å². The summed E-state index contributed by atoms with van der Waals surface area (Å²) >= 11 is 1.87. The summed E-state index contributed by atoms with van der Waals surface area (Å²) in [6, 6.07) is 41.6. The molecule has 132 valence electrons. The molecule has 4 aromatic carbocycles. The van der Waals surface area contributed by atoms with E-state index in [0.29, 0.717) is 0 Å². The standard InChI is InChI=1S/C25H22SSi/c1-27(22-15-7-3-8-16-22,23-17-9-4-10-18-23)25-20-12-11-19-24(25)26-21-13-5-2-6-14-21/h2-20H,1H3. The third kappa shape index (κ3) is 3.64. The molecular weight excluding hydrogens is 360 g/mol. The molecule has 0 nitrogen and oxygen atoms in total. The Labute approximate surface area is 166 Å². The van der Waals surface area contributed by atoms with Crippen LogP contribution in [0.3, 0.4) is 0 Å². The Kier molecular flexibility index (Phi) is 5.28. The second-order valence-corrected chi connectivity index (χ2v) is 11.8. The van der Waals surface area contributed by atoms with Crippen molar-refractivity contribution in [3.05, 3.63) is 115 Å². The fourth-order valence-corrected chi connectivity index (χ4v) is 8.92. The van der Waals surface area contributed by atoms with Gasteiger partial charge in [0.05, 0.1) is 0 Å². The van der Waals surface area contributed by atoms with Gasteiger partial charge in [-0.3, -0.25) is 0 Å². The molecule has 0 atom stereocenters. The number of rotatable bonds is 5. The van der Waals surface area contributed by atoms with Gasteiger partial charge in [-0.05, 0) is 33.8 Å². The first-order chi connectivity index (χ1) is 13.3. The lowest BCUT2D eigenvalue weighted by Gasteiger charge is -2.31. The summed E-state index contributed by atoms with van der Waals surface area (Å²) in [5, 5.41) is 4.35. The van der Waals surface area contributed by atoms with Gasteiger partial charge in [0, 0.05) is 9.79 Å². The third-order valence-electron chi connectivity index (χ3n) is 5.10. The van der Waals surface area contributed by atoms with Crippen molar-refractivity contribution in [1.29, 1.82) is 0 Å². The fraction of sp³-hybridized carbons (Fsp3) is 0.0400. The van der Waals surface area contributed by atoms with Gasteiger partial charge in [-0.15, -0.1) is 0 Å². The van der Waals surface area contributed by atoms with Gasteiger partial charge in [0.15, 0.2) is 0 Å². The zero-order valence-electron chi connectivity index (χ0n) is 15.4. The average molecular weight is 383 g/mol. The Morgan fingerprint density at radius 2 is 0.963 bits per heavy atom. The van der Waals surface area contributed by atoms with Gasteiger partial charge in [-0.1, -0.05) is 115 Å². The van der Waals surface area contributed by atoms with Crippen LogP contribution in [-0.4, -0.2) is 8.07 Å². The Balaban J connectivity index is 1.90. The predicted octanol–water partition coefficient (Wildman–Crippen LogP) is 4.94. The normalized spacial score (nSPS) is 11.3.